The summed E-state index contributed by atoms with van der Waals surface area (Å²) in [7, 11) is -2.77. The Hall–Kier alpha value is -3.94. The van der Waals surface area contributed by atoms with Gasteiger partial charge in [0.1, 0.15) is 18.0 Å². The number of hydrogen-bond donors (Lipinski definition) is 4. The summed E-state index contributed by atoms with van der Waals surface area (Å²) in [6, 6.07) is 7.07. The highest BCUT2D eigenvalue weighted by molar-refractivity contribution is 7.91. The van der Waals surface area contributed by atoms with Crippen LogP contribution in [0.4, 0.5) is 5.69 Å². The van der Waals surface area contributed by atoms with E-state index in [0.717, 1.165) is 17.7 Å². The quantitative estimate of drug-likeness (QED) is 0.130. The Morgan fingerprint density at radius 1 is 1.26 bits per heavy atom. The van der Waals surface area contributed by atoms with Crippen molar-refractivity contribution in [1.82, 2.24) is 14.6 Å². The van der Waals surface area contributed by atoms with Gasteiger partial charge in [0.05, 0.1) is 5.75 Å². The Bertz CT molecular complexity index is 1270. The predicted octanol–water partition coefficient (Wildman–Crippen LogP) is -1.20. The largest absolute Gasteiger partial charge is 0.370 e. The predicted molar refractivity (Wildman–Crippen MR) is 127 cm³/mol. The lowest BCUT2D eigenvalue weighted by Crippen LogP contribution is -2.59. The molecule has 2 aromatic rings. The van der Waals surface area contributed by atoms with Gasteiger partial charge >= 0.3 is 5.69 Å². The van der Waals surface area contributed by atoms with Gasteiger partial charge < -0.3 is 15.8 Å². The molecule has 0 aliphatic heterocycles. The number of benzene rings is 1. The minimum atomic E-state index is -4.05. The van der Waals surface area contributed by atoms with Gasteiger partial charge in [0.2, 0.25) is 15.9 Å². The van der Waals surface area contributed by atoms with Gasteiger partial charge in [-0.05, 0) is 18.4 Å². The van der Waals surface area contributed by atoms with Crippen molar-refractivity contribution >= 4 is 33.9 Å². The number of aromatic nitrogens is 2. The van der Waals surface area contributed by atoms with Crippen molar-refractivity contribution in [3.8, 4) is 0 Å². The number of anilines is 1. The number of sulfonamides is 1. The molecular weight excluding hydrogens is 466 g/mol. The third-order valence-corrected chi connectivity index (χ3v) is 5.94. The minimum Gasteiger partial charge on any atom is -0.370 e. The monoisotopic (exact) mass is 493 g/mol. The van der Waals surface area contributed by atoms with Crippen molar-refractivity contribution in [2.45, 2.75) is 31.6 Å². The van der Waals surface area contributed by atoms with E-state index in [2.05, 4.69) is 10.0 Å². The zero-order chi connectivity index (χ0) is 25.5. The van der Waals surface area contributed by atoms with Gasteiger partial charge in [-0.15, -0.1) is 0 Å². The van der Waals surface area contributed by atoms with E-state index in [4.69, 9.17) is 11.1 Å². The maximum atomic E-state index is 13.1. The summed E-state index contributed by atoms with van der Waals surface area (Å²) in [6.45, 7) is 1.29. The van der Waals surface area contributed by atoms with E-state index in [0.29, 0.717) is 21.5 Å². The molecule has 1 heterocycles. The van der Waals surface area contributed by atoms with E-state index >= 15 is 0 Å². The molecule has 2 rings (SSSR count). The fourth-order valence-electron chi connectivity index (χ4n) is 3.22. The maximum Gasteiger partial charge on any atom is 0.350 e. The van der Waals surface area contributed by atoms with E-state index in [1.54, 1.807) is 30.3 Å². The molecule has 1 aromatic heterocycles. The van der Waals surface area contributed by atoms with Crippen LogP contribution < -0.4 is 32.0 Å². The average Bonchev–Trinajstić information content (AvgIpc) is 2.75. The molecular formula is C20H27N7O6S. The zero-order valence-corrected chi connectivity index (χ0v) is 19.5. The van der Waals surface area contributed by atoms with Gasteiger partial charge in [-0.2, -0.15) is 4.68 Å². The van der Waals surface area contributed by atoms with Crippen molar-refractivity contribution < 1.29 is 18.0 Å². The molecule has 0 radical (unpaired) electrons. The van der Waals surface area contributed by atoms with E-state index in [9.17, 15) is 27.6 Å². The third kappa shape index (κ3) is 6.78. The second-order valence-corrected chi connectivity index (χ2v) is 9.17. The van der Waals surface area contributed by atoms with Gasteiger partial charge in [0.25, 0.3) is 5.56 Å². The molecule has 1 amide bonds. The SMILES string of the molecule is CC(=O)N([C@H](C=O)CCCNC(=N)N)n1c(=O)c(NS(=O)(=O)Cc2ccccc2)cn(C)c1=O. The molecule has 0 aliphatic rings. The van der Waals surface area contributed by atoms with Gasteiger partial charge in [-0.25, -0.2) is 18.2 Å². The molecule has 184 valence electrons. The van der Waals surface area contributed by atoms with E-state index in [1.807, 2.05) is 0 Å². The Labute approximate surface area is 195 Å². The summed E-state index contributed by atoms with van der Waals surface area (Å²) < 4.78 is 28.8. The van der Waals surface area contributed by atoms with Gasteiger partial charge in [-0.3, -0.25) is 24.3 Å². The lowest BCUT2D eigenvalue weighted by molar-refractivity contribution is -0.121. The summed E-state index contributed by atoms with van der Waals surface area (Å²) in [5, 5.41) is 10.4. The number of nitrogens with two attached hydrogens (primary N) is 1. The van der Waals surface area contributed by atoms with E-state index < -0.39 is 44.7 Å². The number of aldehydes is 1. The first kappa shape index (κ1) is 26.3. The molecule has 5 N–H and O–H groups in total. The molecule has 1 aromatic carbocycles. The number of amides is 1. The Morgan fingerprint density at radius 3 is 2.47 bits per heavy atom. The van der Waals surface area contributed by atoms with Crippen molar-refractivity contribution in [3.05, 3.63) is 62.9 Å². The van der Waals surface area contributed by atoms with Crippen molar-refractivity contribution in [2.24, 2.45) is 12.8 Å². The maximum absolute atomic E-state index is 13.1. The van der Waals surface area contributed by atoms with Gasteiger partial charge in [0.15, 0.2) is 5.96 Å². The first-order valence-corrected chi connectivity index (χ1v) is 11.8. The number of hydrogen-bond acceptors (Lipinski definition) is 7. The van der Waals surface area contributed by atoms with Crippen molar-refractivity contribution in [2.75, 3.05) is 16.3 Å². The number of guanidine groups is 1. The molecule has 0 bridgehead atoms. The summed E-state index contributed by atoms with van der Waals surface area (Å²) in [5.74, 6) is -1.47. The molecule has 0 spiro atoms. The Morgan fingerprint density at radius 2 is 1.91 bits per heavy atom. The molecule has 0 unspecified atom stereocenters. The first-order chi connectivity index (χ1) is 16.0. The molecule has 34 heavy (non-hydrogen) atoms. The highest BCUT2D eigenvalue weighted by atomic mass is 32.2. The van der Waals surface area contributed by atoms with E-state index in [-0.39, 0.29) is 25.3 Å². The molecule has 14 heteroatoms. The van der Waals surface area contributed by atoms with Crippen LogP contribution in [0.1, 0.15) is 25.3 Å². The topological polar surface area (TPSA) is 189 Å². The highest BCUT2D eigenvalue weighted by Gasteiger charge is 2.27. The summed E-state index contributed by atoms with van der Waals surface area (Å²) in [6.07, 6.45) is 1.75. The molecule has 13 nitrogen and oxygen atoms in total. The summed E-state index contributed by atoms with van der Waals surface area (Å²) in [5.41, 5.74) is 3.17. The van der Waals surface area contributed by atoms with Crippen molar-refractivity contribution in [1.29, 1.82) is 5.41 Å². The fraction of sp³-hybridized carbons (Fsp3) is 0.350. The second-order valence-electron chi connectivity index (χ2n) is 7.45. The Balaban J connectivity index is 2.44. The number of nitrogens with zero attached hydrogens (tertiary/aromatic N) is 3. The zero-order valence-electron chi connectivity index (χ0n) is 18.7. The summed E-state index contributed by atoms with van der Waals surface area (Å²) in [4.78, 5) is 50.0. The van der Waals surface area contributed by atoms with Crippen LogP contribution in [0.2, 0.25) is 0 Å². The lowest BCUT2D eigenvalue weighted by Gasteiger charge is -2.28. The van der Waals surface area contributed by atoms with Gasteiger partial charge in [-0.1, -0.05) is 30.3 Å². The highest BCUT2D eigenvalue weighted by Crippen LogP contribution is 2.10. The lowest BCUT2D eigenvalue weighted by atomic mass is 10.1. The standard InChI is InChI=1S/C20H27N7O6S/c1-14(29)26(16(12-28)9-6-10-23-19(21)22)27-18(30)17(11-25(2)20(27)31)24-34(32,33)13-15-7-4-3-5-8-15/h3-5,7-8,11-12,16,24H,6,9-10,13H2,1-2H3,(H4,21,22,23)/t16-/m0/s1. The number of carbonyl (C=O) groups is 2. The van der Waals surface area contributed by atoms with Crippen LogP contribution in [-0.2, 0) is 32.4 Å². The average molecular weight is 494 g/mol. The van der Waals surface area contributed by atoms with Crippen LogP contribution in [0.25, 0.3) is 0 Å². The van der Waals surface area contributed by atoms with Crippen LogP contribution in [0.3, 0.4) is 0 Å². The number of rotatable bonds is 11. The van der Waals surface area contributed by atoms with Crippen LogP contribution in [0, 0.1) is 5.41 Å². The van der Waals surface area contributed by atoms with Gasteiger partial charge in [0, 0.05) is 26.7 Å². The molecule has 1 atom stereocenters. The molecule has 0 aliphatic carbocycles. The smallest absolute Gasteiger partial charge is 0.350 e. The van der Waals surface area contributed by atoms with Crippen LogP contribution >= 0.6 is 0 Å². The molecule has 0 saturated heterocycles. The Kier molecular flexibility index (Phi) is 8.72. The normalized spacial score (nSPS) is 11.9. The number of aryl methyl sites for hydroxylation is 1. The molecule has 0 saturated carbocycles. The fourth-order valence-corrected chi connectivity index (χ4v) is 4.40. The van der Waals surface area contributed by atoms with Crippen LogP contribution in [0.5, 0.6) is 0 Å². The first-order valence-electron chi connectivity index (χ1n) is 10.2. The van der Waals surface area contributed by atoms with E-state index in [1.165, 1.54) is 7.05 Å². The second kappa shape index (κ2) is 11.3. The number of nitrogens with one attached hydrogen (secondary N) is 3. The minimum absolute atomic E-state index is 0.0446. The molecule has 0 fully saturated rings. The van der Waals surface area contributed by atoms with Crippen LogP contribution in [-0.4, -0.2) is 48.4 Å². The number of carbonyl (C=O) groups excluding carboxylic acids is 2. The third-order valence-electron chi connectivity index (χ3n) is 4.69. The van der Waals surface area contributed by atoms with Crippen molar-refractivity contribution in [3.63, 3.8) is 0 Å². The summed E-state index contributed by atoms with van der Waals surface area (Å²) >= 11 is 0. The van der Waals surface area contributed by atoms with Crippen LogP contribution in [0.15, 0.2) is 46.1 Å².